The van der Waals surface area contributed by atoms with Gasteiger partial charge in [-0.25, -0.2) is 4.68 Å². The van der Waals surface area contributed by atoms with Gasteiger partial charge in [0.2, 0.25) is 5.91 Å². The first-order chi connectivity index (χ1) is 13.0. The van der Waals surface area contributed by atoms with Crippen molar-refractivity contribution in [1.29, 1.82) is 0 Å². The average Bonchev–Trinajstić information content (AvgIpc) is 2.66. The van der Waals surface area contributed by atoms with Gasteiger partial charge in [-0.15, -0.1) is 0 Å². The quantitative estimate of drug-likeness (QED) is 0.656. The van der Waals surface area contributed by atoms with E-state index in [1.807, 2.05) is 31.2 Å². The first kappa shape index (κ1) is 20.8. The summed E-state index contributed by atoms with van der Waals surface area (Å²) in [6.45, 7) is 7.17. The van der Waals surface area contributed by atoms with E-state index in [-0.39, 0.29) is 24.4 Å². The summed E-state index contributed by atoms with van der Waals surface area (Å²) in [5, 5.41) is 7.34. The molecule has 1 aromatic heterocycles. The molecule has 27 heavy (non-hydrogen) atoms. The summed E-state index contributed by atoms with van der Waals surface area (Å²) in [6, 6.07) is 11.2. The van der Waals surface area contributed by atoms with Crippen LogP contribution in [0.2, 0.25) is 0 Å². The molecule has 2 N–H and O–H groups in total. The molecule has 0 aliphatic carbocycles. The molecule has 0 aliphatic heterocycles. The molecule has 0 saturated carbocycles. The fourth-order valence-corrected chi connectivity index (χ4v) is 2.80. The number of carbonyl (C=O) groups excluding carboxylic acids is 1. The van der Waals surface area contributed by atoms with Crippen molar-refractivity contribution in [2.24, 2.45) is 0 Å². The summed E-state index contributed by atoms with van der Waals surface area (Å²) in [5.41, 5.74) is 2.67. The number of hydrogen-bond acceptors (Lipinski definition) is 3. The number of nitrogens with one attached hydrogen (secondary N) is 2. The van der Waals surface area contributed by atoms with Crippen LogP contribution in [0.3, 0.4) is 0 Å². The molecule has 1 unspecified atom stereocenters. The van der Waals surface area contributed by atoms with Gasteiger partial charge in [0.25, 0.3) is 5.56 Å². The van der Waals surface area contributed by atoms with Crippen LogP contribution >= 0.6 is 0 Å². The number of unbranched alkanes of at least 4 members (excludes halogenated alkanes) is 1. The fourth-order valence-electron chi connectivity index (χ4n) is 2.80. The van der Waals surface area contributed by atoms with Crippen LogP contribution in [0.15, 0.2) is 41.2 Å². The number of nitrogens with zero attached hydrogens (tertiary/aromatic N) is 2. The Morgan fingerprint density at radius 3 is 2.59 bits per heavy atom. The van der Waals surface area contributed by atoms with Crippen molar-refractivity contribution in [2.45, 2.75) is 39.7 Å². The van der Waals surface area contributed by atoms with E-state index in [4.69, 9.17) is 0 Å². The van der Waals surface area contributed by atoms with Crippen molar-refractivity contribution in [2.75, 3.05) is 26.7 Å². The van der Waals surface area contributed by atoms with Crippen molar-refractivity contribution in [3.05, 3.63) is 52.3 Å². The maximum absolute atomic E-state index is 12.1. The third-order valence-corrected chi connectivity index (χ3v) is 4.60. The Hall–Kier alpha value is -2.47. The Morgan fingerprint density at radius 1 is 1.15 bits per heavy atom. The first-order valence-electron chi connectivity index (χ1n) is 9.73. The van der Waals surface area contributed by atoms with E-state index in [0.717, 1.165) is 24.3 Å². The van der Waals surface area contributed by atoms with Gasteiger partial charge in [0.05, 0.1) is 38.9 Å². The molecule has 1 atom stereocenters. The van der Waals surface area contributed by atoms with Crippen LogP contribution in [0.4, 0.5) is 0 Å². The van der Waals surface area contributed by atoms with E-state index >= 15 is 0 Å². The Labute approximate surface area is 161 Å². The Balaban J connectivity index is 1.86. The molecule has 1 amide bonds. The number of rotatable bonds is 10. The largest absolute Gasteiger partial charge is 0.350 e. The van der Waals surface area contributed by atoms with Crippen molar-refractivity contribution in [1.82, 2.24) is 15.1 Å². The molecule has 0 fully saturated rings. The third-order valence-electron chi connectivity index (χ3n) is 4.60. The number of amides is 1. The van der Waals surface area contributed by atoms with Gasteiger partial charge in [-0.1, -0.05) is 43.2 Å². The van der Waals surface area contributed by atoms with Gasteiger partial charge in [0.1, 0.15) is 0 Å². The molecular weight excluding hydrogens is 340 g/mol. The number of hydrogen-bond donors (Lipinski definition) is 2. The van der Waals surface area contributed by atoms with Gasteiger partial charge in [0, 0.05) is 18.1 Å². The number of aromatic nitrogens is 2. The predicted octanol–water partition coefficient (Wildman–Crippen LogP) is 1.04. The smallest absolute Gasteiger partial charge is 0.266 e. The molecule has 0 bridgehead atoms. The molecule has 0 saturated heterocycles. The fraction of sp³-hybridized carbons (Fsp3) is 0.476. The standard InChI is InChI=1S/C21H30N4O2/c1-4-5-14-24(3)16-13-22-20(26)12-15-25-21(27)11-10-19(23-25)18-8-6-17(2)7-9-18/h6-11H,4-5,12-16H2,1-3H3,(H,22,26)/p+1. The van der Waals surface area contributed by atoms with Gasteiger partial charge >= 0.3 is 0 Å². The molecule has 2 aromatic rings. The van der Waals surface area contributed by atoms with Gasteiger partial charge in [-0.3, -0.25) is 9.59 Å². The summed E-state index contributed by atoms with van der Waals surface area (Å²) < 4.78 is 1.37. The minimum absolute atomic E-state index is 0.0484. The Morgan fingerprint density at radius 2 is 1.89 bits per heavy atom. The van der Waals surface area contributed by atoms with Gasteiger partial charge in [-0.2, -0.15) is 5.10 Å². The van der Waals surface area contributed by atoms with E-state index < -0.39 is 0 Å². The molecule has 6 heteroatoms. The van der Waals surface area contributed by atoms with Crippen LogP contribution in [0, 0.1) is 6.92 Å². The van der Waals surface area contributed by atoms with Crippen LogP contribution in [-0.2, 0) is 11.3 Å². The highest BCUT2D eigenvalue weighted by atomic mass is 16.2. The second-order valence-corrected chi connectivity index (χ2v) is 7.06. The summed E-state index contributed by atoms with van der Waals surface area (Å²) in [5.74, 6) is -0.0484. The lowest BCUT2D eigenvalue weighted by Crippen LogP contribution is -3.09. The SMILES string of the molecule is CCCC[NH+](C)CCNC(=O)CCn1nc(-c2ccc(C)cc2)ccc1=O. The van der Waals surface area contributed by atoms with E-state index in [1.165, 1.54) is 34.1 Å². The molecule has 2 rings (SSSR count). The van der Waals surface area contributed by atoms with Crippen molar-refractivity contribution in [3.8, 4) is 11.3 Å². The molecule has 146 valence electrons. The number of quaternary nitrogens is 1. The van der Waals surface area contributed by atoms with Crippen LogP contribution in [0.5, 0.6) is 0 Å². The number of likely N-dealkylation sites (N-methyl/N-ethyl adjacent to an activating group) is 1. The molecular formula is C21H31N4O2+. The first-order valence-corrected chi connectivity index (χ1v) is 9.73. The third kappa shape index (κ3) is 6.98. The normalized spacial score (nSPS) is 12.0. The Bertz CT molecular complexity index is 784. The lowest BCUT2D eigenvalue weighted by molar-refractivity contribution is -0.878. The highest BCUT2D eigenvalue weighted by molar-refractivity contribution is 5.75. The minimum Gasteiger partial charge on any atom is -0.350 e. The zero-order chi connectivity index (χ0) is 19.6. The van der Waals surface area contributed by atoms with E-state index in [2.05, 4.69) is 24.4 Å². The van der Waals surface area contributed by atoms with Gasteiger partial charge in [-0.05, 0) is 19.4 Å². The summed E-state index contributed by atoms with van der Waals surface area (Å²) in [6.07, 6.45) is 2.64. The van der Waals surface area contributed by atoms with Crippen LogP contribution in [-0.4, -0.2) is 42.4 Å². The van der Waals surface area contributed by atoms with Crippen LogP contribution in [0.1, 0.15) is 31.7 Å². The monoisotopic (exact) mass is 371 g/mol. The molecule has 0 radical (unpaired) electrons. The van der Waals surface area contributed by atoms with Crippen LogP contribution in [0.25, 0.3) is 11.3 Å². The summed E-state index contributed by atoms with van der Waals surface area (Å²) in [4.78, 5) is 25.5. The van der Waals surface area contributed by atoms with Gasteiger partial charge in [0.15, 0.2) is 0 Å². The van der Waals surface area contributed by atoms with E-state index in [0.29, 0.717) is 6.54 Å². The highest BCUT2D eigenvalue weighted by Crippen LogP contribution is 2.15. The highest BCUT2D eigenvalue weighted by Gasteiger charge is 2.07. The van der Waals surface area contributed by atoms with Crippen LogP contribution < -0.4 is 15.8 Å². The molecule has 6 nitrogen and oxygen atoms in total. The topological polar surface area (TPSA) is 68.4 Å². The zero-order valence-electron chi connectivity index (χ0n) is 16.6. The number of carbonyl (C=O) groups is 1. The average molecular weight is 372 g/mol. The van der Waals surface area contributed by atoms with Crippen molar-refractivity contribution in [3.63, 3.8) is 0 Å². The number of aryl methyl sites for hydroxylation is 2. The lowest BCUT2D eigenvalue weighted by Gasteiger charge is -2.14. The second-order valence-electron chi connectivity index (χ2n) is 7.06. The minimum atomic E-state index is -0.192. The molecule has 1 heterocycles. The summed E-state index contributed by atoms with van der Waals surface area (Å²) >= 11 is 0. The second kappa shape index (κ2) is 10.6. The molecule has 0 spiro atoms. The molecule has 0 aliphatic rings. The maximum atomic E-state index is 12.1. The van der Waals surface area contributed by atoms with Gasteiger partial charge < -0.3 is 10.2 Å². The zero-order valence-corrected chi connectivity index (χ0v) is 16.6. The van der Waals surface area contributed by atoms with E-state index in [9.17, 15) is 9.59 Å². The molecule has 1 aromatic carbocycles. The van der Waals surface area contributed by atoms with E-state index in [1.54, 1.807) is 6.07 Å². The summed E-state index contributed by atoms with van der Waals surface area (Å²) in [7, 11) is 2.14. The lowest BCUT2D eigenvalue weighted by atomic mass is 10.1. The number of benzene rings is 1. The van der Waals surface area contributed by atoms with Crippen molar-refractivity contribution >= 4 is 5.91 Å². The predicted molar refractivity (Wildman–Crippen MR) is 108 cm³/mol. The maximum Gasteiger partial charge on any atom is 0.266 e. The Kier molecular flexibility index (Phi) is 8.20. The van der Waals surface area contributed by atoms with Crippen molar-refractivity contribution < 1.29 is 9.69 Å².